The molecule has 88 valence electrons. The van der Waals surface area contributed by atoms with E-state index in [4.69, 9.17) is 11.6 Å². The number of aromatic nitrogens is 2. The molecular formula is C12H18ClN3. The maximum Gasteiger partial charge on any atom is 0.147 e. The molecule has 16 heavy (non-hydrogen) atoms. The van der Waals surface area contributed by atoms with Crippen LogP contribution in [0, 0.1) is 5.92 Å². The second kappa shape index (κ2) is 5.48. The highest BCUT2D eigenvalue weighted by atomic mass is 35.5. The van der Waals surface area contributed by atoms with E-state index in [1.165, 1.54) is 19.3 Å². The van der Waals surface area contributed by atoms with Crippen LogP contribution in [0.25, 0.3) is 0 Å². The molecule has 0 bridgehead atoms. The molecule has 0 aromatic carbocycles. The van der Waals surface area contributed by atoms with Crippen molar-refractivity contribution in [2.24, 2.45) is 5.92 Å². The standard InChI is InChI=1S/C12H18ClN3/c1-2-16(9-10-4-3-5-10)12-8-14-11(6-13)7-15-12/h7-8,10H,2-6,9H2,1H3. The molecule has 0 N–H and O–H groups in total. The zero-order valence-corrected chi connectivity index (χ0v) is 10.5. The molecule has 3 nitrogen and oxygen atoms in total. The molecule has 1 heterocycles. The lowest BCUT2D eigenvalue weighted by Crippen LogP contribution is -2.33. The molecule has 1 aromatic heterocycles. The van der Waals surface area contributed by atoms with Gasteiger partial charge in [0.1, 0.15) is 5.82 Å². The quantitative estimate of drug-likeness (QED) is 0.740. The van der Waals surface area contributed by atoms with Gasteiger partial charge in [0.15, 0.2) is 0 Å². The Labute approximate surface area is 102 Å². The summed E-state index contributed by atoms with van der Waals surface area (Å²) in [7, 11) is 0. The van der Waals surface area contributed by atoms with Crippen molar-refractivity contribution < 1.29 is 0 Å². The molecule has 0 spiro atoms. The zero-order valence-electron chi connectivity index (χ0n) is 9.69. The van der Waals surface area contributed by atoms with E-state index in [9.17, 15) is 0 Å². The Bertz CT molecular complexity index is 322. The predicted molar refractivity (Wildman–Crippen MR) is 66.8 cm³/mol. The highest BCUT2D eigenvalue weighted by molar-refractivity contribution is 6.16. The second-order valence-electron chi connectivity index (χ2n) is 4.34. The average molecular weight is 240 g/mol. The lowest BCUT2D eigenvalue weighted by Gasteiger charge is -2.32. The third-order valence-electron chi connectivity index (χ3n) is 3.24. The third kappa shape index (κ3) is 2.64. The van der Waals surface area contributed by atoms with E-state index in [1.807, 2.05) is 6.20 Å². The first-order chi connectivity index (χ1) is 7.83. The van der Waals surface area contributed by atoms with E-state index >= 15 is 0 Å². The molecule has 0 radical (unpaired) electrons. The van der Waals surface area contributed by atoms with Crippen molar-refractivity contribution in [3.8, 4) is 0 Å². The minimum Gasteiger partial charge on any atom is -0.355 e. The van der Waals surface area contributed by atoms with Crippen molar-refractivity contribution in [2.45, 2.75) is 32.1 Å². The number of hydrogen-bond acceptors (Lipinski definition) is 3. The Morgan fingerprint density at radius 2 is 2.19 bits per heavy atom. The SMILES string of the molecule is CCN(CC1CCC1)c1cnc(CCl)cn1. The van der Waals surface area contributed by atoms with Crippen LogP contribution in [0.1, 0.15) is 31.9 Å². The van der Waals surface area contributed by atoms with Gasteiger partial charge in [0, 0.05) is 13.1 Å². The summed E-state index contributed by atoms with van der Waals surface area (Å²) in [4.78, 5) is 11.0. The van der Waals surface area contributed by atoms with Gasteiger partial charge in [-0.1, -0.05) is 6.42 Å². The summed E-state index contributed by atoms with van der Waals surface area (Å²) in [5.74, 6) is 2.26. The van der Waals surface area contributed by atoms with Crippen LogP contribution in [0.3, 0.4) is 0 Å². The molecule has 2 rings (SSSR count). The van der Waals surface area contributed by atoms with Gasteiger partial charge in [-0.05, 0) is 25.7 Å². The molecule has 1 fully saturated rings. The Hall–Kier alpha value is -0.830. The first-order valence-electron chi connectivity index (χ1n) is 5.95. The zero-order chi connectivity index (χ0) is 11.4. The molecule has 1 saturated carbocycles. The fraction of sp³-hybridized carbons (Fsp3) is 0.667. The van der Waals surface area contributed by atoms with E-state index in [1.54, 1.807) is 6.20 Å². The maximum atomic E-state index is 5.69. The molecule has 0 atom stereocenters. The topological polar surface area (TPSA) is 29.0 Å². The highest BCUT2D eigenvalue weighted by Crippen LogP contribution is 2.28. The molecule has 1 aliphatic rings. The number of alkyl halides is 1. The number of rotatable bonds is 5. The molecule has 1 aromatic rings. The van der Waals surface area contributed by atoms with E-state index in [0.717, 1.165) is 30.5 Å². The lowest BCUT2D eigenvalue weighted by atomic mass is 9.85. The summed E-state index contributed by atoms with van der Waals surface area (Å²) in [6.07, 6.45) is 7.72. The largest absolute Gasteiger partial charge is 0.355 e. The van der Waals surface area contributed by atoms with Crippen LogP contribution in [-0.2, 0) is 5.88 Å². The van der Waals surface area contributed by atoms with Gasteiger partial charge in [-0.3, -0.25) is 4.98 Å². The minimum absolute atomic E-state index is 0.433. The van der Waals surface area contributed by atoms with E-state index in [2.05, 4.69) is 21.8 Å². The molecule has 4 heteroatoms. The van der Waals surface area contributed by atoms with Crippen molar-refractivity contribution >= 4 is 17.4 Å². The Kier molecular flexibility index (Phi) is 3.99. The summed E-state index contributed by atoms with van der Waals surface area (Å²) in [6, 6.07) is 0. The minimum atomic E-state index is 0.433. The van der Waals surface area contributed by atoms with Gasteiger partial charge in [0.05, 0.1) is 24.0 Å². The molecule has 0 saturated heterocycles. The molecule has 0 amide bonds. The summed E-state index contributed by atoms with van der Waals surface area (Å²) in [6.45, 7) is 4.27. The van der Waals surface area contributed by atoms with Crippen molar-refractivity contribution in [3.05, 3.63) is 18.1 Å². The van der Waals surface area contributed by atoms with Crippen LogP contribution < -0.4 is 4.90 Å². The summed E-state index contributed by atoms with van der Waals surface area (Å²) in [5, 5.41) is 0. The molecule has 1 aliphatic carbocycles. The normalized spacial score (nSPS) is 15.9. The van der Waals surface area contributed by atoms with Crippen LogP contribution in [0.2, 0.25) is 0 Å². The fourth-order valence-electron chi connectivity index (χ4n) is 1.95. The van der Waals surface area contributed by atoms with Gasteiger partial charge in [0.2, 0.25) is 0 Å². The van der Waals surface area contributed by atoms with Crippen molar-refractivity contribution in [2.75, 3.05) is 18.0 Å². The van der Waals surface area contributed by atoms with Crippen LogP contribution in [0.4, 0.5) is 5.82 Å². The average Bonchev–Trinajstić information content (AvgIpc) is 2.28. The van der Waals surface area contributed by atoms with Gasteiger partial charge in [0.25, 0.3) is 0 Å². The van der Waals surface area contributed by atoms with Gasteiger partial charge >= 0.3 is 0 Å². The molecule has 0 unspecified atom stereocenters. The number of anilines is 1. The van der Waals surface area contributed by atoms with E-state index < -0.39 is 0 Å². The van der Waals surface area contributed by atoms with Crippen molar-refractivity contribution in [1.29, 1.82) is 0 Å². The Morgan fingerprint density at radius 3 is 2.62 bits per heavy atom. The number of nitrogens with zero attached hydrogens (tertiary/aromatic N) is 3. The van der Waals surface area contributed by atoms with Gasteiger partial charge in [-0.2, -0.15) is 0 Å². The Morgan fingerprint density at radius 1 is 1.38 bits per heavy atom. The highest BCUT2D eigenvalue weighted by Gasteiger charge is 2.20. The first-order valence-corrected chi connectivity index (χ1v) is 6.48. The lowest BCUT2D eigenvalue weighted by molar-refractivity contribution is 0.318. The smallest absolute Gasteiger partial charge is 0.147 e. The Balaban J connectivity index is 2.00. The summed E-state index contributed by atoms with van der Waals surface area (Å²) < 4.78 is 0. The molecule has 0 aliphatic heterocycles. The van der Waals surface area contributed by atoms with Crippen LogP contribution >= 0.6 is 11.6 Å². The van der Waals surface area contributed by atoms with E-state index in [0.29, 0.717) is 5.88 Å². The second-order valence-corrected chi connectivity index (χ2v) is 4.60. The first kappa shape index (κ1) is 11.6. The number of hydrogen-bond donors (Lipinski definition) is 0. The third-order valence-corrected chi connectivity index (χ3v) is 3.51. The van der Waals surface area contributed by atoms with Crippen LogP contribution in [0.5, 0.6) is 0 Å². The van der Waals surface area contributed by atoms with Crippen LogP contribution in [0.15, 0.2) is 12.4 Å². The summed E-state index contributed by atoms with van der Waals surface area (Å²) >= 11 is 5.69. The molecular weight excluding hydrogens is 222 g/mol. The van der Waals surface area contributed by atoms with Gasteiger partial charge < -0.3 is 4.90 Å². The predicted octanol–water partition coefficient (Wildman–Crippen LogP) is 2.84. The van der Waals surface area contributed by atoms with Gasteiger partial charge in [-0.25, -0.2) is 4.98 Å². The van der Waals surface area contributed by atoms with Crippen molar-refractivity contribution in [3.63, 3.8) is 0 Å². The fourth-order valence-corrected chi connectivity index (χ4v) is 2.09. The van der Waals surface area contributed by atoms with E-state index in [-0.39, 0.29) is 0 Å². The monoisotopic (exact) mass is 239 g/mol. The van der Waals surface area contributed by atoms with Crippen molar-refractivity contribution in [1.82, 2.24) is 9.97 Å². The van der Waals surface area contributed by atoms with Gasteiger partial charge in [-0.15, -0.1) is 11.6 Å². The van der Waals surface area contributed by atoms with Crippen LogP contribution in [-0.4, -0.2) is 23.1 Å². The summed E-state index contributed by atoms with van der Waals surface area (Å²) in [5.41, 5.74) is 0.838. The number of halogens is 1. The maximum absolute atomic E-state index is 5.69.